The summed E-state index contributed by atoms with van der Waals surface area (Å²) >= 11 is 0. The Morgan fingerprint density at radius 3 is 2.05 bits per heavy atom. The van der Waals surface area contributed by atoms with Crippen molar-refractivity contribution in [2.75, 3.05) is 26.4 Å². The summed E-state index contributed by atoms with van der Waals surface area (Å²) in [5.74, 6) is -0.763. The number of ether oxygens (including phenoxy) is 2. The molecule has 0 heterocycles. The van der Waals surface area contributed by atoms with Crippen molar-refractivity contribution in [3.05, 3.63) is 65.2 Å². The van der Waals surface area contributed by atoms with Gasteiger partial charge in [-0.3, -0.25) is 18.6 Å². The van der Waals surface area contributed by atoms with Gasteiger partial charge in [0.15, 0.2) is 12.4 Å². The van der Waals surface area contributed by atoms with Crippen molar-refractivity contribution in [2.24, 2.45) is 10.00 Å². The number of carbonyl (C=O) groups excluding carboxylic acids is 3. The number of nitrogens with zero attached hydrogens (tertiary/aromatic N) is 2. The summed E-state index contributed by atoms with van der Waals surface area (Å²) in [6.45, 7) is 7.18. The molecule has 0 saturated carbocycles. The number of hydrogen-bond donors (Lipinski definition) is 1. The molecule has 0 fully saturated rings. The number of Topliss-reactive ketones (excluding diaryl/α,β-unsaturated/α-hetero) is 1. The number of rotatable bonds is 15. The first-order chi connectivity index (χ1) is 17.7. The number of nitrogens with one attached hydrogen (secondary N) is 1. The summed E-state index contributed by atoms with van der Waals surface area (Å²) in [5, 5.41) is 6.58. The van der Waals surface area contributed by atoms with Crippen molar-refractivity contribution in [3.8, 4) is 5.75 Å². The lowest BCUT2D eigenvalue weighted by molar-refractivity contribution is -0.145. The van der Waals surface area contributed by atoms with Crippen molar-refractivity contribution in [2.45, 2.75) is 40.3 Å². The number of ketones is 1. The van der Waals surface area contributed by atoms with Crippen molar-refractivity contribution < 1.29 is 37.5 Å². The number of benzene rings is 2. The van der Waals surface area contributed by atoms with E-state index in [1.165, 1.54) is 0 Å². The lowest BCUT2D eigenvalue weighted by Crippen LogP contribution is -2.38. The molecular weight excluding hydrogens is 501 g/mol. The van der Waals surface area contributed by atoms with Crippen LogP contribution in [0.15, 0.2) is 58.5 Å². The highest BCUT2D eigenvalue weighted by Gasteiger charge is 2.23. The van der Waals surface area contributed by atoms with Crippen LogP contribution in [-0.4, -0.2) is 50.1 Å². The zero-order valence-corrected chi connectivity index (χ0v) is 22.2. The van der Waals surface area contributed by atoms with E-state index in [1.807, 2.05) is 0 Å². The fourth-order valence-corrected chi connectivity index (χ4v) is 4.07. The van der Waals surface area contributed by atoms with Crippen molar-refractivity contribution >= 4 is 25.4 Å². The largest absolute Gasteiger partial charge is 0.482 e. The molecule has 0 aliphatic carbocycles. The van der Waals surface area contributed by atoms with Gasteiger partial charge in [0.05, 0.1) is 32.4 Å². The maximum atomic E-state index is 12.7. The smallest absolute Gasteiger partial charge is 0.471 e. The third-order valence-electron chi connectivity index (χ3n) is 4.77. The topological polar surface area (TPSA) is 142 Å². The molecule has 1 N–H and O–H groups in total. The summed E-state index contributed by atoms with van der Waals surface area (Å²) in [6.07, 6.45) is 0. The molecule has 37 heavy (non-hydrogen) atoms. The van der Waals surface area contributed by atoms with Crippen LogP contribution in [0.25, 0.3) is 0 Å². The molecule has 0 bridgehead atoms. The highest BCUT2D eigenvalue weighted by Crippen LogP contribution is 2.50. The second kappa shape index (κ2) is 15.0. The van der Waals surface area contributed by atoms with Crippen LogP contribution >= 0.6 is 7.75 Å². The van der Waals surface area contributed by atoms with E-state index in [4.69, 9.17) is 18.5 Å². The molecule has 200 valence electrons. The molecule has 0 aliphatic rings. The average Bonchev–Trinajstić information content (AvgIpc) is 2.88. The van der Waals surface area contributed by atoms with E-state index < -0.39 is 25.7 Å². The molecule has 2 rings (SSSR count). The van der Waals surface area contributed by atoms with Gasteiger partial charge in [-0.15, -0.1) is 0 Å². The molecule has 0 spiro atoms. The standard InChI is InChI=1S/C25H32N3O8P/c1-5-33-23(29)17-34-22-14-12-20(13-15-22)24(30)18(4)27-25(31)21-10-8-19(9-11-21)16-26-28-37(32,35-6-2)36-7-3/h8-15,18H,5-7,16-17H2,1-4H3,(H,27,31)/t18-/m0/s1. The summed E-state index contributed by atoms with van der Waals surface area (Å²) in [5.41, 5.74) is 1.47. The second-order valence-corrected chi connectivity index (χ2v) is 9.20. The Bertz CT molecular complexity index is 1110. The van der Waals surface area contributed by atoms with E-state index in [0.29, 0.717) is 16.9 Å². The third-order valence-corrected chi connectivity index (χ3v) is 6.28. The molecule has 11 nitrogen and oxygen atoms in total. The highest BCUT2D eigenvalue weighted by molar-refractivity contribution is 7.52. The predicted octanol–water partition coefficient (Wildman–Crippen LogP) is 4.76. The van der Waals surface area contributed by atoms with Gasteiger partial charge in [0.25, 0.3) is 5.91 Å². The minimum atomic E-state index is -3.61. The quantitative estimate of drug-likeness (QED) is 0.149. The predicted molar refractivity (Wildman–Crippen MR) is 136 cm³/mol. The van der Waals surface area contributed by atoms with Crippen LogP contribution in [-0.2, 0) is 29.7 Å². The maximum absolute atomic E-state index is 12.7. The van der Waals surface area contributed by atoms with Gasteiger partial charge in [0.2, 0.25) is 0 Å². The van der Waals surface area contributed by atoms with Gasteiger partial charge in [-0.2, -0.15) is 5.11 Å². The van der Waals surface area contributed by atoms with Gasteiger partial charge in [0, 0.05) is 11.1 Å². The fraction of sp³-hybridized carbons (Fsp3) is 0.400. The van der Waals surface area contributed by atoms with Gasteiger partial charge >= 0.3 is 13.7 Å². The highest BCUT2D eigenvalue weighted by atomic mass is 31.2. The van der Waals surface area contributed by atoms with E-state index in [1.54, 1.807) is 76.2 Å². The van der Waals surface area contributed by atoms with Gasteiger partial charge < -0.3 is 14.8 Å². The molecular formula is C25H32N3O8P. The molecule has 0 aliphatic heterocycles. The van der Waals surface area contributed by atoms with Gasteiger partial charge in [-0.25, -0.2) is 9.36 Å². The first-order valence-corrected chi connectivity index (χ1v) is 13.3. The van der Waals surface area contributed by atoms with E-state index >= 15 is 0 Å². The molecule has 2 aromatic carbocycles. The summed E-state index contributed by atoms with van der Waals surface area (Å²) < 4.78 is 32.5. The lowest BCUT2D eigenvalue weighted by Gasteiger charge is -2.14. The van der Waals surface area contributed by atoms with Gasteiger partial charge in [0.1, 0.15) is 5.75 Å². The number of esters is 1. The molecule has 0 unspecified atom stereocenters. The molecule has 1 amide bonds. The van der Waals surface area contributed by atoms with Crippen LogP contribution in [0.5, 0.6) is 5.75 Å². The average molecular weight is 534 g/mol. The van der Waals surface area contributed by atoms with Crippen molar-refractivity contribution in [3.63, 3.8) is 0 Å². The molecule has 2 aromatic rings. The zero-order chi connectivity index (χ0) is 27.3. The van der Waals surface area contributed by atoms with Crippen LogP contribution in [0.2, 0.25) is 0 Å². The molecule has 0 saturated heterocycles. The second-order valence-electron chi connectivity index (χ2n) is 7.57. The summed E-state index contributed by atoms with van der Waals surface area (Å²) in [7, 11) is -3.61. The molecule has 12 heteroatoms. The Labute approximate surface area is 216 Å². The van der Waals surface area contributed by atoms with Gasteiger partial charge in [-0.05, 0) is 69.7 Å². The fourth-order valence-electron chi connectivity index (χ4n) is 3.02. The van der Waals surface area contributed by atoms with Crippen LogP contribution in [0.4, 0.5) is 0 Å². The van der Waals surface area contributed by atoms with Crippen LogP contribution in [0.1, 0.15) is 54.0 Å². The SMILES string of the molecule is CCOC(=O)COc1ccc(C(=O)[C@H](C)NC(=O)c2ccc(CN=NP(=O)(OCC)OCC)cc2)cc1. The van der Waals surface area contributed by atoms with Crippen molar-refractivity contribution in [1.29, 1.82) is 0 Å². The minimum Gasteiger partial charge on any atom is -0.482 e. The Morgan fingerprint density at radius 1 is 0.892 bits per heavy atom. The molecule has 1 atom stereocenters. The molecule has 0 radical (unpaired) electrons. The number of amides is 1. The van der Waals surface area contributed by atoms with E-state index in [9.17, 15) is 18.9 Å². The van der Waals surface area contributed by atoms with E-state index in [-0.39, 0.29) is 38.8 Å². The lowest BCUT2D eigenvalue weighted by atomic mass is 10.0. The minimum absolute atomic E-state index is 0.125. The summed E-state index contributed by atoms with van der Waals surface area (Å²) in [6, 6.07) is 12.0. The monoisotopic (exact) mass is 533 g/mol. The number of carbonyl (C=O) groups is 3. The Balaban J connectivity index is 1.90. The Kier molecular flexibility index (Phi) is 12.1. The first-order valence-electron chi connectivity index (χ1n) is 11.8. The third kappa shape index (κ3) is 9.87. The van der Waals surface area contributed by atoms with Crippen molar-refractivity contribution in [1.82, 2.24) is 5.32 Å². The number of hydrogen-bond acceptors (Lipinski definition) is 9. The first kappa shape index (κ1) is 29.8. The van der Waals surface area contributed by atoms with Crippen LogP contribution in [0, 0.1) is 0 Å². The van der Waals surface area contributed by atoms with E-state index in [2.05, 4.69) is 15.3 Å². The Hall–Kier alpha value is -3.40. The van der Waals surface area contributed by atoms with Crippen LogP contribution < -0.4 is 10.1 Å². The van der Waals surface area contributed by atoms with E-state index in [0.717, 1.165) is 5.56 Å². The van der Waals surface area contributed by atoms with Crippen LogP contribution in [0.3, 0.4) is 0 Å². The summed E-state index contributed by atoms with van der Waals surface area (Å²) in [4.78, 5) is 40.4. The van der Waals surface area contributed by atoms with Gasteiger partial charge in [-0.1, -0.05) is 17.0 Å². The zero-order valence-electron chi connectivity index (χ0n) is 21.3. The normalized spacial score (nSPS) is 12.2. The molecule has 0 aromatic heterocycles. The maximum Gasteiger partial charge on any atom is 0.471 e. The Morgan fingerprint density at radius 2 is 1.49 bits per heavy atom.